The summed E-state index contributed by atoms with van der Waals surface area (Å²) in [6, 6.07) is 0. The van der Waals surface area contributed by atoms with E-state index in [2.05, 4.69) is 5.32 Å². The number of nitrogens with one attached hydrogen (secondary N) is 1. The number of aliphatic hydroxyl groups is 2. The summed E-state index contributed by atoms with van der Waals surface area (Å²) in [6.45, 7) is 1.35. The molecule has 0 saturated carbocycles. The quantitative estimate of drug-likeness (QED) is 0.507. The van der Waals surface area contributed by atoms with Crippen LogP contribution in [0.25, 0.3) is 0 Å². The molecule has 0 amide bonds. The Balaban J connectivity index is 2.10. The molecular weight excluding hydrogens is 218 g/mol. The molecule has 2 rings (SSSR count). The van der Waals surface area contributed by atoms with Gasteiger partial charge in [-0.3, -0.25) is 0 Å². The SMILES string of the molecule is O=S1(=O)CC(O)C(C2CNCCC2O)C1. The lowest BCUT2D eigenvalue weighted by atomic mass is 9.82. The van der Waals surface area contributed by atoms with Gasteiger partial charge >= 0.3 is 0 Å². The highest BCUT2D eigenvalue weighted by atomic mass is 32.2. The van der Waals surface area contributed by atoms with Gasteiger partial charge in [-0.1, -0.05) is 0 Å². The highest BCUT2D eigenvalue weighted by Crippen LogP contribution is 2.30. The molecular formula is C9H17NO4S. The van der Waals surface area contributed by atoms with Gasteiger partial charge in [0.05, 0.1) is 23.7 Å². The van der Waals surface area contributed by atoms with Crippen molar-refractivity contribution in [1.82, 2.24) is 5.32 Å². The van der Waals surface area contributed by atoms with Crippen LogP contribution in [0.4, 0.5) is 0 Å². The zero-order valence-electron chi connectivity index (χ0n) is 8.46. The minimum Gasteiger partial charge on any atom is -0.393 e. The van der Waals surface area contributed by atoms with E-state index in [1.807, 2.05) is 0 Å². The van der Waals surface area contributed by atoms with Crippen LogP contribution in [0.5, 0.6) is 0 Å². The van der Waals surface area contributed by atoms with Crippen LogP contribution in [-0.4, -0.2) is 55.4 Å². The lowest BCUT2D eigenvalue weighted by Crippen LogP contribution is -2.46. The number of piperidine rings is 1. The molecule has 0 aliphatic carbocycles. The first-order chi connectivity index (χ1) is 6.99. The van der Waals surface area contributed by atoms with Crippen molar-refractivity contribution < 1.29 is 18.6 Å². The molecule has 0 aromatic rings. The van der Waals surface area contributed by atoms with Crippen molar-refractivity contribution in [3.8, 4) is 0 Å². The molecule has 2 aliphatic rings. The molecule has 2 aliphatic heterocycles. The van der Waals surface area contributed by atoms with Crippen LogP contribution >= 0.6 is 0 Å². The van der Waals surface area contributed by atoms with Crippen LogP contribution in [0.3, 0.4) is 0 Å². The molecule has 2 fully saturated rings. The Labute approximate surface area is 89.4 Å². The van der Waals surface area contributed by atoms with E-state index < -0.39 is 22.0 Å². The Morgan fingerprint density at radius 1 is 1.07 bits per heavy atom. The van der Waals surface area contributed by atoms with Gasteiger partial charge in [-0.15, -0.1) is 0 Å². The smallest absolute Gasteiger partial charge is 0.153 e. The minimum atomic E-state index is -3.11. The standard InChI is InChI=1S/C9H17NO4S/c11-8-1-2-10-3-6(8)7-4-15(13,14)5-9(7)12/h6-12H,1-5H2. The number of hydrogen-bond acceptors (Lipinski definition) is 5. The molecule has 4 unspecified atom stereocenters. The molecule has 88 valence electrons. The number of hydrogen-bond donors (Lipinski definition) is 3. The van der Waals surface area contributed by atoms with Gasteiger partial charge in [0.25, 0.3) is 0 Å². The van der Waals surface area contributed by atoms with Crippen molar-refractivity contribution in [1.29, 1.82) is 0 Å². The lowest BCUT2D eigenvalue weighted by molar-refractivity contribution is 0.0132. The van der Waals surface area contributed by atoms with Crippen LogP contribution in [0, 0.1) is 11.8 Å². The van der Waals surface area contributed by atoms with Crippen molar-refractivity contribution in [2.24, 2.45) is 11.8 Å². The summed E-state index contributed by atoms with van der Waals surface area (Å²) in [7, 11) is -3.11. The Morgan fingerprint density at radius 3 is 2.33 bits per heavy atom. The number of sulfone groups is 1. The maximum Gasteiger partial charge on any atom is 0.153 e. The maximum atomic E-state index is 11.3. The molecule has 4 atom stereocenters. The topological polar surface area (TPSA) is 86.6 Å². The molecule has 5 nitrogen and oxygen atoms in total. The van der Waals surface area contributed by atoms with Crippen molar-refractivity contribution >= 4 is 9.84 Å². The van der Waals surface area contributed by atoms with Crippen LogP contribution in [0.15, 0.2) is 0 Å². The third-order valence-electron chi connectivity index (χ3n) is 3.41. The molecule has 0 radical (unpaired) electrons. The first-order valence-electron chi connectivity index (χ1n) is 5.27. The van der Waals surface area contributed by atoms with Crippen molar-refractivity contribution in [3.63, 3.8) is 0 Å². The molecule has 15 heavy (non-hydrogen) atoms. The predicted octanol–water partition coefficient (Wildman–Crippen LogP) is -1.64. The van der Waals surface area contributed by atoms with Crippen LogP contribution < -0.4 is 5.32 Å². The average molecular weight is 235 g/mol. The summed E-state index contributed by atoms with van der Waals surface area (Å²) >= 11 is 0. The van der Waals surface area contributed by atoms with E-state index in [1.54, 1.807) is 0 Å². The molecule has 2 saturated heterocycles. The summed E-state index contributed by atoms with van der Waals surface area (Å²) < 4.78 is 22.7. The zero-order chi connectivity index (χ0) is 11.1. The number of rotatable bonds is 1. The van der Waals surface area contributed by atoms with E-state index in [9.17, 15) is 18.6 Å². The minimum absolute atomic E-state index is 0.0115. The van der Waals surface area contributed by atoms with E-state index in [0.717, 1.165) is 6.54 Å². The highest BCUT2D eigenvalue weighted by Gasteiger charge is 2.43. The van der Waals surface area contributed by atoms with Crippen molar-refractivity contribution in [2.75, 3.05) is 24.6 Å². The first kappa shape index (κ1) is 11.3. The van der Waals surface area contributed by atoms with E-state index >= 15 is 0 Å². The lowest BCUT2D eigenvalue weighted by Gasteiger charge is -2.33. The molecule has 0 bridgehead atoms. The summed E-state index contributed by atoms with van der Waals surface area (Å²) in [4.78, 5) is 0. The second kappa shape index (κ2) is 4.01. The van der Waals surface area contributed by atoms with Gasteiger partial charge in [-0.2, -0.15) is 0 Å². The predicted molar refractivity (Wildman–Crippen MR) is 55.1 cm³/mol. The van der Waals surface area contributed by atoms with E-state index in [-0.39, 0.29) is 23.3 Å². The van der Waals surface area contributed by atoms with E-state index in [1.165, 1.54) is 0 Å². The van der Waals surface area contributed by atoms with Crippen LogP contribution in [0.2, 0.25) is 0 Å². The second-order valence-corrected chi connectivity index (χ2v) is 6.69. The fourth-order valence-corrected chi connectivity index (χ4v) is 4.53. The van der Waals surface area contributed by atoms with Gasteiger partial charge < -0.3 is 15.5 Å². The first-order valence-corrected chi connectivity index (χ1v) is 7.09. The van der Waals surface area contributed by atoms with Gasteiger partial charge in [-0.05, 0) is 13.0 Å². The van der Waals surface area contributed by atoms with Crippen LogP contribution in [0.1, 0.15) is 6.42 Å². The van der Waals surface area contributed by atoms with Gasteiger partial charge in [0.1, 0.15) is 0 Å². The third-order valence-corrected chi connectivity index (χ3v) is 5.15. The zero-order valence-corrected chi connectivity index (χ0v) is 9.28. The summed E-state index contributed by atoms with van der Waals surface area (Å²) in [5, 5.41) is 22.6. The third kappa shape index (κ3) is 2.33. The largest absolute Gasteiger partial charge is 0.393 e. The molecule has 0 aromatic carbocycles. The van der Waals surface area contributed by atoms with Gasteiger partial charge in [0, 0.05) is 18.4 Å². The fraction of sp³-hybridized carbons (Fsp3) is 1.00. The normalized spacial score (nSPS) is 45.5. The molecule has 0 aromatic heterocycles. The summed E-state index contributed by atoms with van der Waals surface area (Å²) in [6.07, 6.45) is -0.665. The molecule has 0 spiro atoms. The Hall–Kier alpha value is -0.170. The molecule has 6 heteroatoms. The van der Waals surface area contributed by atoms with E-state index in [4.69, 9.17) is 0 Å². The van der Waals surface area contributed by atoms with E-state index in [0.29, 0.717) is 13.0 Å². The number of aliphatic hydroxyl groups excluding tert-OH is 2. The van der Waals surface area contributed by atoms with Crippen molar-refractivity contribution in [3.05, 3.63) is 0 Å². The Kier molecular flexibility index (Phi) is 3.03. The van der Waals surface area contributed by atoms with Gasteiger partial charge in [0.15, 0.2) is 9.84 Å². The van der Waals surface area contributed by atoms with Gasteiger partial charge in [-0.25, -0.2) is 8.42 Å². The maximum absolute atomic E-state index is 11.3. The second-order valence-electron chi connectivity index (χ2n) is 4.53. The van der Waals surface area contributed by atoms with Crippen LogP contribution in [-0.2, 0) is 9.84 Å². The Bertz CT molecular complexity index is 329. The summed E-state index contributed by atoms with van der Waals surface area (Å²) in [5.41, 5.74) is 0. The highest BCUT2D eigenvalue weighted by molar-refractivity contribution is 7.91. The average Bonchev–Trinajstić information content (AvgIpc) is 2.40. The monoisotopic (exact) mass is 235 g/mol. The fourth-order valence-electron chi connectivity index (χ4n) is 2.57. The molecule has 3 N–H and O–H groups in total. The summed E-state index contributed by atoms with van der Waals surface area (Å²) in [5.74, 6) is -0.581. The van der Waals surface area contributed by atoms with Gasteiger partial charge in [0.2, 0.25) is 0 Å². The Morgan fingerprint density at radius 2 is 1.80 bits per heavy atom. The molecule has 2 heterocycles. The van der Waals surface area contributed by atoms with Crippen molar-refractivity contribution in [2.45, 2.75) is 18.6 Å².